The van der Waals surface area contributed by atoms with E-state index in [2.05, 4.69) is 10.6 Å². The van der Waals surface area contributed by atoms with Crippen LogP contribution in [-0.4, -0.2) is 72.7 Å². The van der Waals surface area contributed by atoms with E-state index < -0.39 is 56.7 Å². The molecule has 0 spiro atoms. The van der Waals surface area contributed by atoms with Gasteiger partial charge in [-0.15, -0.1) is 0 Å². The summed E-state index contributed by atoms with van der Waals surface area (Å²) in [7, 11) is -4.41. The van der Waals surface area contributed by atoms with Crippen molar-refractivity contribution >= 4 is 33.5 Å². The van der Waals surface area contributed by atoms with Gasteiger partial charge < -0.3 is 10.4 Å². The summed E-state index contributed by atoms with van der Waals surface area (Å²) in [4.78, 5) is 24.7. The van der Waals surface area contributed by atoms with Gasteiger partial charge in [0, 0.05) is 12.2 Å². The van der Waals surface area contributed by atoms with Crippen molar-refractivity contribution in [2.75, 3.05) is 18.3 Å². The third-order valence-electron chi connectivity index (χ3n) is 6.35. The highest BCUT2D eigenvalue weighted by Gasteiger charge is 2.58. The van der Waals surface area contributed by atoms with Gasteiger partial charge in [0.25, 0.3) is 0 Å². The SMILES string of the molecule is CSCC[C@H](NC(=O)[C@H](CC(C)C)N[C@@H](C(F)(F)F)C1(S(C)(=O)=O)C=CC(c2ccccc2)C=C1)C(=O)O. The van der Waals surface area contributed by atoms with E-state index in [0.717, 1.165) is 24.0 Å². The molecule has 212 valence electrons. The highest BCUT2D eigenvalue weighted by molar-refractivity contribution is 7.98. The molecule has 2 rings (SSSR count). The largest absolute Gasteiger partial charge is 0.480 e. The zero-order valence-corrected chi connectivity index (χ0v) is 23.4. The van der Waals surface area contributed by atoms with E-state index in [-0.39, 0.29) is 18.8 Å². The maximum Gasteiger partial charge on any atom is 0.406 e. The second-order valence-electron chi connectivity index (χ2n) is 9.78. The van der Waals surface area contributed by atoms with Gasteiger partial charge in [-0.1, -0.05) is 68.5 Å². The summed E-state index contributed by atoms with van der Waals surface area (Å²) in [5.74, 6) is -2.50. The summed E-state index contributed by atoms with van der Waals surface area (Å²) < 4.78 is 67.2. The Kier molecular flexibility index (Phi) is 11.1. The lowest BCUT2D eigenvalue weighted by Gasteiger charge is -2.40. The second-order valence-corrected chi connectivity index (χ2v) is 13.0. The van der Waals surface area contributed by atoms with Crippen molar-refractivity contribution in [1.82, 2.24) is 10.6 Å². The minimum absolute atomic E-state index is 0.0762. The fraction of sp³-hybridized carbons (Fsp3) is 0.538. The van der Waals surface area contributed by atoms with Crippen molar-refractivity contribution in [2.45, 2.75) is 61.7 Å². The van der Waals surface area contributed by atoms with Gasteiger partial charge >= 0.3 is 12.1 Å². The molecule has 0 bridgehead atoms. The van der Waals surface area contributed by atoms with Crippen molar-refractivity contribution in [3.63, 3.8) is 0 Å². The Morgan fingerprint density at radius 3 is 2.13 bits per heavy atom. The van der Waals surface area contributed by atoms with Crippen LogP contribution in [-0.2, 0) is 19.4 Å². The van der Waals surface area contributed by atoms with E-state index in [4.69, 9.17) is 0 Å². The number of allylic oxidation sites excluding steroid dienone is 2. The quantitative estimate of drug-likeness (QED) is 0.305. The molecular weight excluding hydrogens is 541 g/mol. The molecule has 0 aromatic heterocycles. The van der Waals surface area contributed by atoms with Crippen LogP contribution in [0.2, 0.25) is 0 Å². The first-order valence-electron chi connectivity index (χ1n) is 12.1. The predicted molar refractivity (Wildman–Crippen MR) is 144 cm³/mol. The fourth-order valence-electron chi connectivity index (χ4n) is 4.35. The monoisotopic (exact) mass is 576 g/mol. The number of halogens is 3. The molecule has 3 N–H and O–H groups in total. The molecule has 1 aliphatic rings. The molecule has 1 aromatic carbocycles. The average Bonchev–Trinajstić information content (AvgIpc) is 2.83. The van der Waals surface area contributed by atoms with Gasteiger partial charge in [-0.2, -0.15) is 24.9 Å². The van der Waals surface area contributed by atoms with E-state index in [0.29, 0.717) is 5.75 Å². The Balaban J connectivity index is 2.48. The number of hydrogen-bond donors (Lipinski definition) is 3. The van der Waals surface area contributed by atoms with E-state index in [1.807, 2.05) is 0 Å². The Bertz CT molecular complexity index is 1110. The van der Waals surface area contributed by atoms with Crippen molar-refractivity contribution in [2.24, 2.45) is 5.92 Å². The number of nitrogens with one attached hydrogen (secondary N) is 2. The van der Waals surface area contributed by atoms with Crippen LogP contribution in [0.1, 0.15) is 38.2 Å². The molecule has 3 atom stereocenters. The predicted octanol–water partition coefficient (Wildman–Crippen LogP) is 3.94. The summed E-state index contributed by atoms with van der Waals surface area (Å²) in [6.07, 6.45) is 2.32. The standard InChI is InChI=1S/C26H35F3N2O5S2/c1-17(2)16-21(22(32)30-20(23(33)34)12-15-37-3)31-24(26(27,28)29)25(38(4,35)36)13-10-19(11-14-25)18-8-6-5-7-9-18/h5-11,13-14,17,19-21,24,31H,12,15-16H2,1-4H3,(H,30,32)(H,33,34)/t19?,20-,21-,24+,25?/m0/s1. The lowest BCUT2D eigenvalue weighted by molar-refractivity contribution is -0.162. The molecule has 0 unspecified atom stereocenters. The summed E-state index contributed by atoms with van der Waals surface area (Å²) >= 11 is 1.37. The Morgan fingerprint density at radius 2 is 1.68 bits per heavy atom. The minimum atomic E-state index is -5.07. The Hall–Kier alpha value is -2.31. The maximum absolute atomic E-state index is 14.6. The molecule has 1 amide bonds. The molecule has 0 saturated heterocycles. The van der Waals surface area contributed by atoms with Gasteiger partial charge in [0.1, 0.15) is 16.8 Å². The van der Waals surface area contributed by atoms with Crippen molar-refractivity contribution in [3.05, 3.63) is 60.2 Å². The number of alkyl halides is 3. The summed E-state index contributed by atoms with van der Waals surface area (Å²) in [6.45, 7) is 3.40. The Labute approximate surface area is 226 Å². The summed E-state index contributed by atoms with van der Waals surface area (Å²) in [6, 6.07) is 3.45. The molecule has 7 nitrogen and oxygen atoms in total. The third-order valence-corrected chi connectivity index (χ3v) is 8.79. The molecule has 1 aliphatic carbocycles. The van der Waals surface area contributed by atoms with Gasteiger partial charge in [-0.05, 0) is 36.3 Å². The van der Waals surface area contributed by atoms with Crippen LogP contribution in [0.4, 0.5) is 13.2 Å². The molecule has 0 fully saturated rings. The minimum Gasteiger partial charge on any atom is -0.480 e. The second kappa shape index (κ2) is 13.2. The number of carbonyl (C=O) groups excluding carboxylic acids is 1. The van der Waals surface area contributed by atoms with Gasteiger partial charge in [-0.3, -0.25) is 10.1 Å². The lowest BCUT2D eigenvalue weighted by Crippen LogP contribution is -2.65. The molecule has 12 heteroatoms. The number of rotatable bonds is 13. The third kappa shape index (κ3) is 8.09. The smallest absolute Gasteiger partial charge is 0.406 e. The molecule has 0 saturated carbocycles. The number of carbonyl (C=O) groups is 2. The topological polar surface area (TPSA) is 113 Å². The van der Waals surface area contributed by atoms with E-state index in [1.54, 1.807) is 50.4 Å². The highest BCUT2D eigenvalue weighted by Crippen LogP contribution is 2.40. The van der Waals surface area contributed by atoms with Crippen molar-refractivity contribution in [3.8, 4) is 0 Å². The van der Waals surface area contributed by atoms with Gasteiger partial charge in [0.15, 0.2) is 9.84 Å². The molecular formula is C26H35F3N2O5S2. The zero-order chi connectivity index (χ0) is 28.7. The number of amides is 1. The highest BCUT2D eigenvalue weighted by atomic mass is 32.2. The molecule has 0 aliphatic heterocycles. The summed E-state index contributed by atoms with van der Waals surface area (Å²) in [5.41, 5.74) is 0.778. The first-order chi connectivity index (χ1) is 17.6. The molecule has 0 heterocycles. The number of sulfone groups is 1. The van der Waals surface area contributed by atoms with Gasteiger partial charge in [-0.25, -0.2) is 13.2 Å². The lowest BCUT2D eigenvalue weighted by atomic mass is 9.85. The van der Waals surface area contributed by atoms with Crippen LogP contribution in [0.15, 0.2) is 54.6 Å². The Morgan fingerprint density at radius 1 is 1.11 bits per heavy atom. The van der Waals surface area contributed by atoms with Crippen LogP contribution in [0.3, 0.4) is 0 Å². The van der Waals surface area contributed by atoms with E-state index in [9.17, 15) is 36.3 Å². The van der Waals surface area contributed by atoms with Crippen molar-refractivity contribution in [1.29, 1.82) is 0 Å². The normalized spacial score (nSPS) is 22.2. The number of thioether (sulfide) groups is 1. The van der Waals surface area contributed by atoms with E-state index >= 15 is 0 Å². The maximum atomic E-state index is 14.6. The van der Waals surface area contributed by atoms with Crippen LogP contribution in [0.5, 0.6) is 0 Å². The number of benzene rings is 1. The molecule has 0 radical (unpaired) electrons. The van der Waals surface area contributed by atoms with Gasteiger partial charge in [0.05, 0.1) is 6.04 Å². The van der Waals surface area contributed by atoms with Crippen LogP contribution >= 0.6 is 11.8 Å². The van der Waals surface area contributed by atoms with E-state index in [1.165, 1.54) is 23.9 Å². The van der Waals surface area contributed by atoms with Crippen LogP contribution < -0.4 is 10.6 Å². The number of aliphatic carboxylic acids is 1. The first kappa shape index (κ1) is 31.9. The molecule has 38 heavy (non-hydrogen) atoms. The number of carboxylic acid groups (broad SMARTS) is 1. The number of hydrogen-bond acceptors (Lipinski definition) is 6. The van der Waals surface area contributed by atoms with Crippen LogP contribution in [0, 0.1) is 5.92 Å². The molecule has 1 aromatic rings. The number of carboxylic acids is 1. The van der Waals surface area contributed by atoms with Crippen LogP contribution in [0.25, 0.3) is 0 Å². The summed E-state index contributed by atoms with van der Waals surface area (Å²) in [5, 5.41) is 14.1. The van der Waals surface area contributed by atoms with Gasteiger partial charge in [0.2, 0.25) is 5.91 Å². The first-order valence-corrected chi connectivity index (χ1v) is 15.4. The fourth-order valence-corrected chi connectivity index (χ4v) is 6.10. The van der Waals surface area contributed by atoms with Crippen molar-refractivity contribution < 1.29 is 36.3 Å². The zero-order valence-electron chi connectivity index (χ0n) is 21.7. The average molecular weight is 577 g/mol.